The van der Waals surface area contributed by atoms with Crippen LogP contribution in [0.1, 0.15) is 45.7 Å². The Labute approximate surface area is 181 Å². The Bertz CT molecular complexity index is 1170. The molecule has 5 rings (SSSR count). The average Bonchev–Trinajstić information content (AvgIpc) is 3.10. The number of benzene rings is 1. The molecule has 2 amide bonds. The third kappa shape index (κ3) is 3.28. The predicted molar refractivity (Wildman–Crippen MR) is 107 cm³/mol. The molecule has 0 spiro atoms. The van der Waals surface area contributed by atoms with Crippen molar-refractivity contribution < 1.29 is 23.8 Å². The SMILES string of the molecule is O=C(NCc1ccc(F)cc1Cl)c1cn2c(c(O)c1=O)C(=O)N1C3CCC(C3)OC1C2. The molecule has 1 saturated carbocycles. The summed E-state index contributed by atoms with van der Waals surface area (Å²) in [5.41, 5.74) is -0.897. The molecule has 2 aliphatic heterocycles. The van der Waals surface area contributed by atoms with E-state index in [0.29, 0.717) is 5.56 Å². The van der Waals surface area contributed by atoms with Crippen molar-refractivity contribution in [2.24, 2.45) is 0 Å². The monoisotopic (exact) mass is 447 g/mol. The second-order valence-corrected chi connectivity index (χ2v) is 8.44. The largest absolute Gasteiger partial charge is 0.503 e. The van der Waals surface area contributed by atoms with Gasteiger partial charge in [0.1, 0.15) is 11.4 Å². The normalized spacial score (nSPS) is 24.0. The zero-order valence-electron chi connectivity index (χ0n) is 16.3. The third-order valence-corrected chi connectivity index (χ3v) is 6.51. The van der Waals surface area contributed by atoms with Crippen LogP contribution < -0.4 is 10.7 Å². The van der Waals surface area contributed by atoms with Gasteiger partial charge in [-0.1, -0.05) is 17.7 Å². The standard InChI is InChI=1S/C21H19ClFN3O5/c22-15-5-11(23)2-1-10(15)7-24-20(29)14-8-25-9-16-26(12-3-4-13(6-12)31-16)21(30)17(25)19(28)18(14)27/h1-2,5,8,12-13,16,28H,3-4,6-7,9H2,(H,24,29). The number of fused-ring (bicyclic) bond motifs is 5. The summed E-state index contributed by atoms with van der Waals surface area (Å²) in [6.45, 7) is 0.174. The molecule has 0 radical (unpaired) electrons. The minimum atomic E-state index is -0.928. The Morgan fingerprint density at radius 1 is 1.32 bits per heavy atom. The van der Waals surface area contributed by atoms with Gasteiger partial charge in [0.25, 0.3) is 11.8 Å². The van der Waals surface area contributed by atoms with E-state index >= 15 is 0 Å². The van der Waals surface area contributed by atoms with Gasteiger partial charge in [-0.2, -0.15) is 0 Å². The minimum Gasteiger partial charge on any atom is -0.503 e. The molecule has 2 bridgehead atoms. The molecule has 3 heterocycles. The average molecular weight is 448 g/mol. The highest BCUT2D eigenvalue weighted by atomic mass is 35.5. The fourth-order valence-corrected chi connectivity index (χ4v) is 4.88. The number of nitrogens with one attached hydrogen (secondary N) is 1. The lowest BCUT2D eigenvalue weighted by Gasteiger charge is -2.44. The van der Waals surface area contributed by atoms with Gasteiger partial charge in [0.2, 0.25) is 5.43 Å². The van der Waals surface area contributed by atoms with Crippen LogP contribution in [-0.4, -0.2) is 44.8 Å². The van der Waals surface area contributed by atoms with Crippen molar-refractivity contribution in [2.75, 3.05) is 0 Å². The first kappa shape index (κ1) is 20.0. The Kier molecular flexibility index (Phi) is 4.75. The van der Waals surface area contributed by atoms with Gasteiger partial charge in [0.15, 0.2) is 17.7 Å². The van der Waals surface area contributed by atoms with E-state index in [1.165, 1.54) is 22.9 Å². The van der Waals surface area contributed by atoms with Gasteiger partial charge in [-0.05, 0) is 37.0 Å². The van der Waals surface area contributed by atoms with Crippen molar-refractivity contribution in [3.63, 3.8) is 0 Å². The number of nitrogens with zero attached hydrogens (tertiary/aromatic N) is 2. The van der Waals surface area contributed by atoms with E-state index in [-0.39, 0.29) is 41.5 Å². The Morgan fingerprint density at radius 2 is 2.13 bits per heavy atom. The molecule has 3 atom stereocenters. The molecule has 3 unspecified atom stereocenters. The zero-order chi connectivity index (χ0) is 21.9. The molecule has 10 heteroatoms. The molecule has 1 saturated heterocycles. The second kappa shape index (κ2) is 7.35. The van der Waals surface area contributed by atoms with Gasteiger partial charge in [0.05, 0.1) is 12.6 Å². The maximum absolute atomic E-state index is 13.2. The highest BCUT2D eigenvalue weighted by Crippen LogP contribution is 2.38. The topological polar surface area (TPSA) is 101 Å². The second-order valence-electron chi connectivity index (χ2n) is 8.03. The van der Waals surface area contributed by atoms with E-state index in [1.54, 1.807) is 4.90 Å². The number of ether oxygens (including phenoxy) is 1. The quantitative estimate of drug-likeness (QED) is 0.749. The molecular formula is C21H19ClFN3O5. The summed E-state index contributed by atoms with van der Waals surface area (Å²) in [6.07, 6.45) is 3.31. The molecule has 2 N–H and O–H groups in total. The summed E-state index contributed by atoms with van der Waals surface area (Å²) in [7, 11) is 0. The van der Waals surface area contributed by atoms with Crippen molar-refractivity contribution in [3.05, 3.63) is 62.3 Å². The molecule has 162 valence electrons. The van der Waals surface area contributed by atoms with Crippen molar-refractivity contribution in [1.82, 2.24) is 14.8 Å². The van der Waals surface area contributed by atoms with E-state index in [9.17, 15) is 23.9 Å². The number of carbonyl (C=O) groups is 2. The maximum atomic E-state index is 13.2. The van der Waals surface area contributed by atoms with E-state index in [2.05, 4.69) is 5.32 Å². The number of aromatic hydroxyl groups is 1. The smallest absolute Gasteiger partial charge is 0.276 e. The van der Waals surface area contributed by atoms with Crippen LogP contribution in [0.4, 0.5) is 4.39 Å². The summed E-state index contributed by atoms with van der Waals surface area (Å²) < 4.78 is 20.6. The molecule has 1 aromatic heterocycles. The van der Waals surface area contributed by atoms with E-state index in [0.717, 1.165) is 25.3 Å². The molecule has 1 aromatic carbocycles. The summed E-state index contributed by atoms with van der Waals surface area (Å²) in [4.78, 5) is 40.0. The first-order valence-corrected chi connectivity index (χ1v) is 10.4. The molecule has 31 heavy (non-hydrogen) atoms. The van der Waals surface area contributed by atoms with Crippen LogP contribution in [0.3, 0.4) is 0 Å². The highest BCUT2D eigenvalue weighted by molar-refractivity contribution is 6.31. The molecule has 3 aliphatic rings. The molecule has 2 fully saturated rings. The number of halogens is 2. The number of amides is 2. The predicted octanol–water partition coefficient (Wildman–Crippen LogP) is 2.01. The maximum Gasteiger partial charge on any atom is 0.276 e. The van der Waals surface area contributed by atoms with Crippen molar-refractivity contribution >= 4 is 23.4 Å². The molecule has 1 aliphatic carbocycles. The van der Waals surface area contributed by atoms with Gasteiger partial charge in [-0.15, -0.1) is 0 Å². The lowest BCUT2D eigenvalue weighted by molar-refractivity contribution is -0.132. The van der Waals surface area contributed by atoms with E-state index in [4.69, 9.17) is 16.3 Å². The Hall–Kier alpha value is -2.91. The van der Waals surface area contributed by atoms with Crippen LogP contribution in [0.5, 0.6) is 5.75 Å². The summed E-state index contributed by atoms with van der Waals surface area (Å²) in [6, 6.07) is 3.79. The lowest BCUT2D eigenvalue weighted by atomic mass is 10.1. The van der Waals surface area contributed by atoms with Crippen LogP contribution in [0.15, 0.2) is 29.2 Å². The van der Waals surface area contributed by atoms with Gasteiger partial charge in [0, 0.05) is 23.8 Å². The Balaban J connectivity index is 1.43. The van der Waals surface area contributed by atoms with Crippen LogP contribution in [0.2, 0.25) is 5.02 Å². The number of carbonyl (C=O) groups excluding carboxylic acids is 2. The fraction of sp³-hybridized carbons (Fsp3) is 0.381. The Morgan fingerprint density at radius 3 is 2.90 bits per heavy atom. The van der Waals surface area contributed by atoms with Gasteiger partial charge >= 0.3 is 0 Å². The van der Waals surface area contributed by atoms with Crippen molar-refractivity contribution in [1.29, 1.82) is 0 Å². The zero-order valence-corrected chi connectivity index (χ0v) is 17.1. The molecular weight excluding hydrogens is 429 g/mol. The minimum absolute atomic E-state index is 0.0305. The van der Waals surface area contributed by atoms with Gasteiger partial charge < -0.3 is 24.6 Å². The molecule has 8 nitrogen and oxygen atoms in total. The lowest BCUT2D eigenvalue weighted by Crippen LogP contribution is -2.57. The third-order valence-electron chi connectivity index (χ3n) is 6.16. The highest BCUT2D eigenvalue weighted by Gasteiger charge is 2.47. The number of pyridine rings is 1. The van der Waals surface area contributed by atoms with Crippen LogP contribution in [-0.2, 0) is 17.8 Å². The fourth-order valence-electron chi connectivity index (χ4n) is 4.65. The molecule has 2 aromatic rings. The summed E-state index contributed by atoms with van der Waals surface area (Å²) in [5.74, 6) is -2.47. The summed E-state index contributed by atoms with van der Waals surface area (Å²) >= 11 is 5.97. The van der Waals surface area contributed by atoms with E-state index < -0.39 is 35.0 Å². The van der Waals surface area contributed by atoms with Crippen molar-refractivity contribution in [2.45, 2.75) is 50.7 Å². The first-order chi connectivity index (χ1) is 14.8. The van der Waals surface area contributed by atoms with Crippen LogP contribution >= 0.6 is 11.6 Å². The van der Waals surface area contributed by atoms with Crippen molar-refractivity contribution in [3.8, 4) is 5.75 Å². The first-order valence-electron chi connectivity index (χ1n) is 10.00. The number of hydrogen-bond acceptors (Lipinski definition) is 5. The number of rotatable bonds is 3. The van der Waals surface area contributed by atoms with Gasteiger partial charge in [-0.25, -0.2) is 4.39 Å². The van der Waals surface area contributed by atoms with Crippen LogP contribution in [0.25, 0.3) is 0 Å². The number of hydrogen-bond donors (Lipinski definition) is 2. The van der Waals surface area contributed by atoms with E-state index in [1.807, 2.05) is 0 Å². The van der Waals surface area contributed by atoms with Crippen LogP contribution in [0, 0.1) is 5.82 Å². The number of aromatic nitrogens is 1. The summed E-state index contributed by atoms with van der Waals surface area (Å²) in [5, 5.41) is 13.2. The van der Waals surface area contributed by atoms with Gasteiger partial charge in [-0.3, -0.25) is 14.4 Å².